The maximum atomic E-state index is 12.2. The highest BCUT2D eigenvalue weighted by atomic mass is 16.5. The summed E-state index contributed by atoms with van der Waals surface area (Å²) >= 11 is 0. The summed E-state index contributed by atoms with van der Waals surface area (Å²) in [6.07, 6.45) is 1.85. The lowest BCUT2D eigenvalue weighted by molar-refractivity contribution is -0.129. The normalized spacial score (nSPS) is 21.5. The monoisotopic (exact) mass is 316 g/mol. The standard InChI is InChI=1S/C18H24N2O3/c1-4-15-16(21)19-18(22)20(10-13-5-6-13)17(15)23-14-8-11(2)7-12(3)9-14/h7-9,13,18,22H,4-6,10H2,1-3H3,(H,19,21). The Labute approximate surface area is 136 Å². The molecule has 0 spiro atoms. The number of aryl methyl sites for hydroxylation is 2. The number of aliphatic hydroxyl groups excluding tert-OH is 1. The van der Waals surface area contributed by atoms with Gasteiger partial charge >= 0.3 is 0 Å². The van der Waals surface area contributed by atoms with Gasteiger partial charge in [-0.2, -0.15) is 0 Å². The molecule has 5 nitrogen and oxygen atoms in total. The van der Waals surface area contributed by atoms with Gasteiger partial charge in [0.1, 0.15) is 5.75 Å². The van der Waals surface area contributed by atoms with Crippen molar-refractivity contribution in [2.75, 3.05) is 6.54 Å². The molecule has 0 bridgehead atoms. The van der Waals surface area contributed by atoms with Crippen molar-refractivity contribution in [3.05, 3.63) is 40.8 Å². The molecule has 3 rings (SSSR count). The van der Waals surface area contributed by atoms with Crippen LogP contribution < -0.4 is 10.1 Å². The van der Waals surface area contributed by atoms with Crippen LogP contribution in [0.2, 0.25) is 0 Å². The van der Waals surface area contributed by atoms with Gasteiger partial charge in [0.05, 0.1) is 5.57 Å². The second kappa shape index (κ2) is 6.24. The molecule has 1 fully saturated rings. The van der Waals surface area contributed by atoms with E-state index >= 15 is 0 Å². The molecule has 1 aromatic carbocycles. The Balaban J connectivity index is 1.95. The first kappa shape index (κ1) is 15.9. The van der Waals surface area contributed by atoms with Crippen LogP contribution in [0.5, 0.6) is 5.75 Å². The summed E-state index contributed by atoms with van der Waals surface area (Å²) in [4.78, 5) is 14.0. The number of ether oxygens (including phenoxy) is 1. The number of benzene rings is 1. The van der Waals surface area contributed by atoms with Crippen LogP contribution in [-0.2, 0) is 4.79 Å². The van der Waals surface area contributed by atoms with E-state index in [-0.39, 0.29) is 5.91 Å². The fraction of sp³-hybridized carbons (Fsp3) is 0.500. The van der Waals surface area contributed by atoms with Crippen LogP contribution in [0, 0.1) is 19.8 Å². The number of hydrogen-bond donors (Lipinski definition) is 2. The summed E-state index contributed by atoms with van der Waals surface area (Å²) in [6, 6.07) is 5.97. The van der Waals surface area contributed by atoms with Crippen molar-refractivity contribution >= 4 is 5.91 Å². The maximum absolute atomic E-state index is 12.2. The summed E-state index contributed by atoms with van der Waals surface area (Å²) in [5.41, 5.74) is 2.79. The van der Waals surface area contributed by atoms with Crippen molar-refractivity contribution in [2.45, 2.75) is 46.4 Å². The fourth-order valence-electron chi connectivity index (χ4n) is 2.96. The largest absolute Gasteiger partial charge is 0.441 e. The van der Waals surface area contributed by atoms with Crippen LogP contribution >= 0.6 is 0 Å². The number of amides is 1. The van der Waals surface area contributed by atoms with Crippen molar-refractivity contribution in [3.63, 3.8) is 0 Å². The molecule has 124 valence electrons. The molecule has 1 aliphatic heterocycles. The summed E-state index contributed by atoms with van der Waals surface area (Å²) in [5, 5.41) is 12.9. The highest BCUT2D eigenvalue weighted by molar-refractivity contribution is 5.94. The number of nitrogens with one attached hydrogen (secondary N) is 1. The van der Waals surface area contributed by atoms with E-state index in [0.717, 1.165) is 24.0 Å². The summed E-state index contributed by atoms with van der Waals surface area (Å²) < 4.78 is 6.09. The molecule has 1 heterocycles. The van der Waals surface area contributed by atoms with Crippen molar-refractivity contribution in [3.8, 4) is 5.75 Å². The van der Waals surface area contributed by atoms with E-state index in [4.69, 9.17) is 4.74 Å². The van der Waals surface area contributed by atoms with Gasteiger partial charge in [0.25, 0.3) is 5.91 Å². The van der Waals surface area contributed by atoms with Crippen molar-refractivity contribution in [2.24, 2.45) is 5.92 Å². The van der Waals surface area contributed by atoms with Gasteiger partial charge in [-0.3, -0.25) is 9.69 Å². The zero-order valence-corrected chi connectivity index (χ0v) is 13.9. The first-order valence-electron chi connectivity index (χ1n) is 8.22. The quantitative estimate of drug-likeness (QED) is 0.876. The zero-order valence-electron chi connectivity index (χ0n) is 13.9. The molecule has 2 N–H and O–H groups in total. The molecule has 1 amide bonds. The Morgan fingerprint density at radius 1 is 1.26 bits per heavy atom. The van der Waals surface area contributed by atoms with Gasteiger partial charge in [0, 0.05) is 6.54 Å². The topological polar surface area (TPSA) is 61.8 Å². The molecular formula is C18H24N2O3. The second-order valence-electron chi connectivity index (χ2n) is 6.51. The predicted octanol–water partition coefficient (Wildman–Crippen LogP) is 2.42. The molecule has 5 heteroatoms. The summed E-state index contributed by atoms with van der Waals surface area (Å²) in [5.74, 6) is 1.49. The van der Waals surface area contributed by atoms with E-state index < -0.39 is 6.35 Å². The third-order valence-electron chi connectivity index (χ3n) is 4.26. The number of nitrogens with zero attached hydrogens (tertiary/aromatic N) is 1. The maximum Gasteiger partial charge on any atom is 0.255 e. The van der Waals surface area contributed by atoms with Crippen LogP contribution in [0.25, 0.3) is 0 Å². The molecule has 1 saturated carbocycles. The number of hydrogen-bond acceptors (Lipinski definition) is 4. The molecule has 1 atom stereocenters. The van der Waals surface area contributed by atoms with Crippen molar-refractivity contribution < 1.29 is 14.6 Å². The summed E-state index contributed by atoms with van der Waals surface area (Å²) in [7, 11) is 0. The smallest absolute Gasteiger partial charge is 0.255 e. The van der Waals surface area contributed by atoms with Crippen LogP contribution in [0.15, 0.2) is 29.7 Å². The van der Waals surface area contributed by atoms with E-state index in [1.54, 1.807) is 4.90 Å². The van der Waals surface area contributed by atoms with Gasteiger partial charge in [-0.1, -0.05) is 13.0 Å². The lowest BCUT2D eigenvalue weighted by Crippen LogP contribution is -2.54. The number of rotatable bonds is 5. The average Bonchev–Trinajstić information content (AvgIpc) is 3.26. The van der Waals surface area contributed by atoms with E-state index in [1.165, 1.54) is 0 Å². The van der Waals surface area contributed by atoms with Crippen LogP contribution in [0.3, 0.4) is 0 Å². The minimum Gasteiger partial charge on any atom is -0.441 e. The molecular weight excluding hydrogens is 292 g/mol. The first-order chi connectivity index (χ1) is 11.0. The van der Waals surface area contributed by atoms with Gasteiger partial charge < -0.3 is 15.2 Å². The fourth-order valence-corrected chi connectivity index (χ4v) is 2.96. The zero-order chi connectivity index (χ0) is 16.6. The number of carbonyl (C=O) groups is 1. The Hall–Kier alpha value is -2.01. The van der Waals surface area contributed by atoms with E-state index in [0.29, 0.717) is 36.1 Å². The molecule has 0 radical (unpaired) electrons. The van der Waals surface area contributed by atoms with E-state index in [2.05, 4.69) is 11.4 Å². The Morgan fingerprint density at radius 3 is 2.48 bits per heavy atom. The van der Waals surface area contributed by atoms with Gasteiger partial charge in [-0.05, 0) is 62.3 Å². The van der Waals surface area contributed by atoms with E-state index in [1.807, 2.05) is 32.9 Å². The number of aliphatic hydroxyl groups is 1. The lowest BCUT2D eigenvalue weighted by Gasteiger charge is -2.36. The SMILES string of the molecule is CCC1=C(Oc2cc(C)cc(C)c2)N(CC2CC2)C(O)NC1=O. The van der Waals surface area contributed by atoms with Gasteiger partial charge in [0.2, 0.25) is 12.2 Å². The highest BCUT2D eigenvalue weighted by Crippen LogP contribution is 2.34. The van der Waals surface area contributed by atoms with Crippen LogP contribution in [0.4, 0.5) is 0 Å². The van der Waals surface area contributed by atoms with Gasteiger partial charge in [-0.25, -0.2) is 0 Å². The van der Waals surface area contributed by atoms with Crippen LogP contribution in [0.1, 0.15) is 37.3 Å². The Kier molecular flexibility index (Phi) is 4.31. The predicted molar refractivity (Wildman–Crippen MR) is 87.4 cm³/mol. The second-order valence-corrected chi connectivity index (χ2v) is 6.51. The average molecular weight is 316 g/mol. The van der Waals surface area contributed by atoms with Gasteiger partial charge in [0.15, 0.2) is 0 Å². The minimum absolute atomic E-state index is 0.258. The molecule has 1 aromatic rings. The summed E-state index contributed by atoms with van der Waals surface area (Å²) in [6.45, 7) is 6.65. The van der Waals surface area contributed by atoms with E-state index in [9.17, 15) is 9.90 Å². The first-order valence-corrected chi connectivity index (χ1v) is 8.22. The highest BCUT2D eigenvalue weighted by Gasteiger charge is 2.36. The third kappa shape index (κ3) is 3.50. The molecule has 23 heavy (non-hydrogen) atoms. The molecule has 0 saturated heterocycles. The molecule has 0 aromatic heterocycles. The third-order valence-corrected chi connectivity index (χ3v) is 4.26. The van der Waals surface area contributed by atoms with Crippen molar-refractivity contribution in [1.29, 1.82) is 0 Å². The van der Waals surface area contributed by atoms with Crippen molar-refractivity contribution in [1.82, 2.24) is 10.2 Å². The van der Waals surface area contributed by atoms with Crippen LogP contribution in [-0.4, -0.2) is 28.8 Å². The molecule has 1 unspecified atom stereocenters. The van der Waals surface area contributed by atoms with Gasteiger partial charge in [-0.15, -0.1) is 0 Å². The lowest BCUT2D eigenvalue weighted by atomic mass is 10.1. The Bertz CT molecular complexity index is 629. The molecule has 1 aliphatic carbocycles. The number of carbonyl (C=O) groups excluding carboxylic acids is 1. The molecule has 2 aliphatic rings. The Morgan fingerprint density at radius 2 is 1.91 bits per heavy atom. The minimum atomic E-state index is -1.03.